The monoisotopic (exact) mass is 461 g/mol. The summed E-state index contributed by atoms with van der Waals surface area (Å²) in [6.45, 7) is 1.83. The molecule has 1 heterocycles. The Morgan fingerprint density at radius 2 is 1.76 bits per heavy atom. The van der Waals surface area contributed by atoms with Crippen molar-refractivity contribution in [2.45, 2.75) is 13.0 Å². The molecule has 152 valence electrons. The highest BCUT2D eigenvalue weighted by molar-refractivity contribution is 9.10. The number of nitrogens with two attached hydrogens (primary N) is 1. The molecule has 4 N–H and O–H groups in total. The molecule has 0 fully saturated rings. The standard InChI is InChI=1S/C18H17BrN4O2.CH3NO2/c1-12(13-6-4-3-5-7-13)25-18(24)20-17-16(21-22-23(17)2)14-8-10-15(19)11-9-14;2-1(3)4/h3-12H,1-2H3,(H,20,24);2H2,(H,3,4)/t12-;/m1./s1. The number of aromatic nitrogens is 3. The number of primary amides is 1. The average molecular weight is 462 g/mol. The summed E-state index contributed by atoms with van der Waals surface area (Å²) in [5, 5.41) is 18.1. The van der Waals surface area contributed by atoms with Gasteiger partial charge in [-0.3, -0.25) is 5.32 Å². The average Bonchev–Trinajstić information content (AvgIpc) is 3.03. The summed E-state index contributed by atoms with van der Waals surface area (Å²) in [6.07, 6.45) is -2.25. The summed E-state index contributed by atoms with van der Waals surface area (Å²) in [7, 11) is 1.71. The summed E-state index contributed by atoms with van der Waals surface area (Å²) in [4.78, 5) is 21.1. The van der Waals surface area contributed by atoms with Crippen LogP contribution in [0.4, 0.5) is 15.4 Å². The Bertz CT molecular complexity index is 956. The Morgan fingerprint density at radius 3 is 2.34 bits per heavy atom. The molecule has 3 rings (SSSR count). The fourth-order valence-corrected chi connectivity index (χ4v) is 2.64. The van der Waals surface area contributed by atoms with Crippen LogP contribution in [0.5, 0.6) is 0 Å². The summed E-state index contributed by atoms with van der Waals surface area (Å²) in [5.74, 6) is 0.479. The Kier molecular flexibility index (Phi) is 7.72. The highest BCUT2D eigenvalue weighted by Crippen LogP contribution is 2.27. The van der Waals surface area contributed by atoms with Gasteiger partial charge >= 0.3 is 12.2 Å². The predicted molar refractivity (Wildman–Crippen MR) is 111 cm³/mol. The highest BCUT2D eigenvalue weighted by atomic mass is 79.9. The van der Waals surface area contributed by atoms with E-state index in [9.17, 15) is 4.79 Å². The number of carbonyl (C=O) groups is 2. The van der Waals surface area contributed by atoms with E-state index in [-0.39, 0.29) is 6.10 Å². The van der Waals surface area contributed by atoms with Crippen LogP contribution in [0.25, 0.3) is 11.3 Å². The van der Waals surface area contributed by atoms with Crippen LogP contribution in [0.15, 0.2) is 59.1 Å². The van der Waals surface area contributed by atoms with Crippen molar-refractivity contribution >= 4 is 33.9 Å². The van der Waals surface area contributed by atoms with E-state index >= 15 is 0 Å². The number of nitrogens with one attached hydrogen (secondary N) is 1. The van der Waals surface area contributed by atoms with Crippen molar-refractivity contribution in [3.8, 4) is 11.3 Å². The summed E-state index contributed by atoms with van der Waals surface area (Å²) >= 11 is 3.40. The largest absolute Gasteiger partial charge is 0.465 e. The Hall–Kier alpha value is -3.40. The van der Waals surface area contributed by atoms with Crippen molar-refractivity contribution in [3.63, 3.8) is 0 Å². The van der Waals surface area contributed by atoms with Gasteiger partial charge in [0.2, 0.25) is 0 Å². The van der Waals surface area contributed by atoms with E-state index in [0.717, 1.165) is 15.6 Å². The molecule has 0 aliphatic heterocycles. The van der Waals surface area contributed by atoms with E-state index in [0.29, 0.717) is 11.5 Å². The normalized spacial score (nSPS) is 11.0. The SMILES string of the molecule is C[C@@H](OC(=O)Nc1c(-c2ccc(Br)cc2)nnn1C)c1ccccc1.NC(=O)O. The van der Waals surface area contributed by atoms with Crippen molar-refractivity contribution < 1.29 is 19.4 Å². The van der Waals surface area contributed by atoms with Gasteiger partial charge in [-0.15, -0.1) is 5.10 Å². The first kappa shape index (κ1) is 21.9. The number of hydrogen-bond donors (Lipinski definition) is 3. The minimum Gasteiger partial charge on any atom is -0.465 e. The van der Waals surface area contributed by atoms with E-state index < -0.39 is 12.2 Å². The van der Waals surface area contributed by atoms with Crippen molar-refractivity contribution in [2.75, 3.05) is 5.32 Å². The van der Waals surface area contributed by atoms with Crippen LogP contribution in [0, 0.1) is 0 Å². The first-order valence-corrected chi connectivity index (χ1v) is 9.23. The number of carbonyl (C=O) groups excluding carboxylic acids is 1. The van der Waals surface area contributed by atoms with Crippen molar-refractivity contribution in [2.24, 2.45) is 12.8 Å². The third-order valence-corrected chi connectivity index (χ3v) is 4.25. The number of halogens is 1. The molecular formula is C19H20BrN5O4. The van der Waals surface area contributed by atoms with E-state index in [1.165, 1.54) is 4.68 Å². The first-order chi connectivity index (χ1) is 13.8. The molecule has 0 unspecified atom stereocenters. The van der Waals surface area contributed by atoms with Gasteiger partial charge in [0.15, 0.2) is 5.82 Å². The fourth-order valence-electron chi connectivity index (χ4n) is 2.38. The molecular weight excluding hydrogens is 442 g/mol. The third kappa shape index (κ3) is 6.61. The molecule has 0 saturated carbocycles. The van der Waals surface area contributed by atoms with Gasteiger partial charge in [-0.05, 0) is 24.6 Å². The number of rotatable bonds is 4. The van der Waals surface area contributed by atoms with Crippen LogP contribution in [-0.2, 0) is 11.8 Å². The van der Waals surface area contributed by atoms with Crippen molar-refractivity contribution in [1.29, 1.82) is 0 Å². The molecule has 0 radical (unpaired) electrons. The topological polar surface area (TPSA) is 132 Å². The Labute approximate surface area is 175 Å². The lowest BCUT2D eigenvalue weighted by Gasteiger charge is -2.14. The molecule has 1 atom stereocenters. The number of amides is 2. The first-order valence-electron chi connectivity index (χ1n) is 8.44. The third-order valence-electron chi connectivity index (χ3n) is 3.72. The van der Waals surface area contributed by atoms with Crippen LogP contribution < -0.4 is 11.1 Å². The fraction of sp³-hybridized carbons (Fsp3) is 0.158. The van der Waals surface area contributed by atoms with Gasteiger partial charge in [0, 0.05) is 17.1 Å². The smallest absolute Gasteiger partial charge is 0.413 e. The molecule has 1 aromatic heterocycles. The van der Waals surface area contributed by atoms with Crippen LogP contribution in [0.1, 0.15) is 18.6 Å². The quantitative estimate of drug-likeness (QED) is 0.533. The van der Waals surface area contributed by atoms with E-state index in [1.807, 2.05) is 61.5 Å². The number of anilines is 1. The van der Waals surface area contributed by atoms with Crippen LogP contribution >= 0.6 is 15.9 Å². The maximum absolute atomic E-state index is 12.3. The molecule has 9 nitrogen and oxygen atoms in total. The van der Waals surface area contributed by atoms with Gasteiger partial charge in [0.1, 0.15) is 11.8 Å². The molecule has 0 aliphatic rings. The molecule has 0 aliphatic carbocycles. The zero-order chi connectivity index (χ0) is 21.4. The second kappa shape index (κ2) is 10.2. The summed E-state index contributed by atoms with van der Waals surface area (Å²) in [5.41, 5.74) is 6.39. The van der Waals surface area contributed by atoms with Gasteiger partial charge < -0.3 is 15.6 Å². The summed E-state index contributed by atoms with van der Waals surface area (Å²) in [6, 6.07) is 17.2. The minimum atomic E-state index is -1.33. The molecule has 0 saturated heterocycles. The molecule has 0 bridgehead atoms. The molecule has 10 heteroatoms. The van der Waals surface area contributed by atoms with Gasteiger partial charge in [0.05, 0.1) is 0 Å². The van der Waals surface area contributed by atoms with Crippen LogP contribution in [0.2, 0.25) is 0 Å². The number of carboxylic acid groups (broad SMARTS) is 1. The maximum Gasteiger partial charge on any atom is 0.413 e. The number of aryl methyl sites for hydroxylation is 1. The highest BCUT2D eigenvalue weighted by Gasteiger charge is 2.18. The lowest BCUT2D eigenvalue weighted by Crippen LogP contribution is -2.18. The second-order valence-corrected chi connectivity index (χ2v) is 6.75. The van der Waals surface area contributed by atoms with Gasteiger partial charge in [0.25, 0.3) is 0 Å². The summed E-state index contributed by atoms with van der Waals surface area (Å²) < 4.78 is 7.92. The molecule has 3 aromatic rings. The number of hydrogen-bond acceptors (Lipinski definition) is 5. The number of benzene rings is 2. The Morgan fingerprint density at radius 1 is 1.17 bits per heavy atom. The zero-order valence-corrected chi connectivity index (χ0v) is 17.3. The van der Waals surface area contributed by atoms with Crippen molar-refractivity contribution in [3.05, 3.63) is 64.6 Å². The number of ether oxygens (including phenoxy) is 1. The van der Waals surface area contributed by atoms with E-state index in [2.05, 4.69) is 37.3 Å². The molecule has 2 amide bonds. The molecule has 0 spiro atoms. The maximum atomic E-state index is 12.3. The van der Waals surface area contributed by atoms with Gasteiger partial charge in [-0.2, -0.15) is 0 Å². The van der Waals surface area contributed by atoms with Gasteiger partial charge in [-0.1, -0.05) is 63.6 Å². The van der Waals surface area contributed by atoms with E-state index in [4.69, 9.17) is 14.6 Å². The van der Waals surface area contributed by atoms with Crippen LogP contribution in [0.3, 0.4) is 0 Å². The molecule has 2 aromatic carbocycles. The van der Waals surface area contributed by atoms with E-state index in [1.54, 1.807) is 7.05 Å². The lowest BCUT2D eigenvalue weighted by atomic mass is 10.1. The Balaban J connectivity index is 0.000000687. The van der Waals surface area contributed by atoms with Crippen LogP contribution in [-0.4, -0.2) is 32.3 Å². The predicted octanol–water partition coefficient (Wildman–Crippen LogP) is 4.18. The zero-order valence-electron chi connectivity index (χ0n) is 15.7. The lowest BCUT2D eigenvalue weighted by molar-refractivity contribution is 0.121. The van der Waals surface area contributed by atoms with Crippen molar-refractivity contribution in [1.82, 2.24) is 15.0 Å². The molecule has 29 heavy (non-hydrogen) atoms. The minimum absolute atomic E-state index is 0.362. The number of nitrogens with zero attached hydrogens (tertiary/aromatic N) is 3. The second-order valence-electron chi connectivity index (χ2n) is 5.84. The van der Waals surface area contributed by atoms with Gasteiger partial charge in [-0.25, -0.2) is 14.3 Å².